The Balaban J connectivity index is 1.76. The molecule has 4 rings (SSSR count). The molecule has 2 N–H and O–H groups in total. The quantitative estimate of drug-likeness (QED) is 0.551. The van der Waals surface area contributed by atoms with Crippen molar-refractivity contribution in [2.24, 2.45) is 0 Å². The van der Waals surface area contributed by atoms with Gasteiger partial charge in [-0.25, -0.2) is 0 Å². The van der Waals surface area contributed by atoms with Crippen molar-refractivity contribution in [3.63, 3.8) is 0 Å². The Morgan fingerprint density at radius 2 is 1.81 bits per heavy atom. The van der Waals surface area contributed by atoms with E-state index in [0.717, 1.165) is 10.8 Å². The van der Waals surface area contributed by atoms with Gasteiger partial charge in [-0.3, -0.25) is 14.4 Å². The van der Waals surface area contributed by atoms with Crippen LogP contribution in [-0.4, -0.2) is 15.5 Å². The third kappa shape index (κ3) is 2.91. The van der Waals surface area contributed by atoms with Gasteiger partial charge < -0.3 is 14.9 Å². The van der Waals surface area contributed by atoms with Crippen molar-refractivity contribution in [3.05, 3.63) is 86.9 Å². The van der Waals surface area contributed by atoms with Crippen LogP contribution in [0.3, 0.4) is 0 Å². The van der Waals surface area contributed by atoms with Gasteiger partial charge in [-0.15, -0.1) is 0 Å². The first kappa shape index (κ1) is 16.8. The van der Waals surface area contributed by atoms with Crippen molar-refractivity contribution in [3.8, 4) is 0 Å². The lowest BCUT2D eigenvalue weighted by Crippen LogP contribution is -2.36. The highest BCUT2D eigenvalue weighted by molar-refractivity contribution is 6.10. The second-order valence-corrected chi connectivity index (χ2v) is 6.22. The van der Waals surface area contributed by atoms with Crippen molar-refractivity contribution < 1.29 is 4.79 Å². The first-order valence-corrected chi connectivity index (χ1v) is 8.64. The number of anilines is 1. The monoisotopic (exact) mass is 359 g/mol. The highest BCUT2D eigenvalue weighted by Crippen LogP contribution is 2.23. The topological polar surface area (TPSA) is 84.0 Å². The standard InChI is InChI=1S/C21H17N3O3/c1-2-24-18-11-10-14(12-17(18)23-20(26)21(24)27)19(25)22-16-9-5-7-13-6-3-4-8-15(13)16/h3-12H,2H2,1H3,(H,22,25)(H,23,26). The summed E-state index contributed by atoms with van der Waals surface area (Å²) in [5, 5.41) is 4.90. The molecular weight excluding hydrogens is 342 g/mol. The predicted octanol–water partition coefficient (Wildman–Crippen LogP) is 3.12. The minimum absolute atomic E-state index is 0.289. The van der Waals surface area contributed by atoms with Gasteiger partial charge in [0.15, 0.2) is 0 Å². The van der Waals surface area contributed by atoms with E-state index < -0.39 is 11.1 Å². The summed E-state index contributed by atoms with van der Waals surface area (Å²) in [6, 6.07) is 18.4. The molecule has 6 heteroatoms. The number of nitrogens with one attached hydrogen (secondary N) is 2. The molecule has 134 valence electrons. The summed E-state index contributed by atoms with van der Waals surface area (Å²) in [6.07, 6.45) is 0. The van der Waals surface area contributed by atoms with E-state index in [1.807, 2.05) is 42.5 Å². The lowest BCUT2D eigenvalue weighted by atomic mass is 10.1. The Morgan fingerprint density at radius 1 is 1.04 bits per heavy atom. The van der Waals surface area contributed by atoms with Crippen molar-refractivity contribution >= 4 is 33.4 Å². The molecule has 27 heavy (non-hydrogen) atoms. The number of nitrogens with zero attached hydrogens (tertiary/aromatic N) is 1. The van der Waals surface area contributed by atoms with Crippen LogP contribution in [-0.2, 0) is 6.54 Å². The van der Waals surface area contributed by atoms with Crippen LogP contribution in [0.15, 0.2) is 70.3 Å². The van der Waals surface area contributed by atoms with Crippen molar-refractivity contribution in [2.45, 2.75) is 13.5 Å². The summed E-state index contributed by atoms with van der Waals surface area (Å²) in [6.45, 7) is 2.17. The molecule has 0 atom stereocenters. The van der Waals surface area contributed by atoms with Gasteiger partial charge in [-0.05, 0) is 36.6 Å². The summed E-state index contributed by atoms with van der Waals surface area (Å²) in [7, 11) is 0. The SMILES string of the molecule is CCn1c(=O)c(=O)[nH]c2cc(C(=O)Nc3cccc4ccccc34)ccc21. The Kier molecular flexibility index (Phi) is 4.08. The maximum Gasteiger partial charge on any atom is 0.316 e. The zero-order valence-electron chi connectivity index (χ0n) is 14.7. The number of carbonyl (C=O) groups excluding carboxylic acids is 1. The molecule has 0 saturated heterocycles. The zero-order valence-corrected chi connectivity index (χ0v) is 14.7. The molecule has 0 radical (unpaired) electrons. The summed E-state index contributed by atoms with van der Waals surface area (Å²) in [5.41, 5.74) is 0.849. The second-order valence-electron chi connectivity index (χ2n) is 6.22. The van der Waals surface area contributed by atoms with Gasteiger partial charge in [0.2, 0.25) is 0 Å². The molecule has 0 aliphatic rings. The molecule has 0 aliphatic heterocycles. The van der Waals surface area contributed by atoms with E-state index >= 15 is 0 Å². The molecule has 6 nitrogen and oxygen atoms in total. The molecule has 0 fully saturated rings. The van der Waals surface area contributed by atoms with E-state index in [1.165, 1.54) is 4.57 Å². The fraction of sp³-hybridized carbons (Fsp3) is 0.0952. The second kappa shape index (κ2) is 6.57. The van der Waals surface area contributed by atoms with Crippen LogP contribution < -0.4 is 16.4 Å². The molecule has 0 bridgehead atoms. The normalized spacial score (nSPS) is 11.0. The van der Waals surface area contributed by atoms with Gasteiger partial charge in [0.25, 0.3) is 5.91 Å². The van der Waals surface area contributed by atoms with Crippen LogP contribution in [0, 0.1) is 0 Å². The number of fused-ring (bicyclic) bond motifs is 2. The molecule has 3 aromatic carbocycles. The minimum atomic E-state index is -0.698. The number of aryl methyl sites for hydroxylation is 1. The van der Waals surface area contributed by atoms with E-state index in [-0.39, 0.29) is 5.91 Å². The van der Waals surface area contributed by atoms with E-state index in [9.17, 15) is 14.4 Å². The van der Waals surface area contributed by atoms with Gasteiger partial charge >= 0.3 is 11.1 Å². The van der Waals surface area contributed by atoms with Crippen LogP contribution >= 0.6 is 0 Å². The number of carbonyl (C=O) groups is 1. The maximum atomic E-state index is 12.7. The Morgan fingerprint density at radius 3 is 2.63 bits per heavy atom. The summed E-state index contributed by atoms with van der Waals surface area (Å²) in [5.74, 6) is -0.289. The van der Waals surface area contributed by atoms with Crippen LogP contribution in [0.25, 0.3) is 21.8 Å². The van der Waals surface area contributed by atoms with Gasteiger partial charge in [-0.2, -0.15) is 0 Å². The fourth-order valence-electron chi connectivity index (χ4n) is 3.26. The highest BCUT2D eigenvalue weighted by atomic mass is 16.2. The molecule has 1 heterocycles. The third-order valence-corrected chi connectivity index (χ3v) is 4.59. The van der Waals surface area contributed by atoms with E-state index in [4.69, 9.17) is 0 Å². The number of amides is 1. The summed E-state index contributed by atoms with van der Waals surface area (Å²) < 4.78 is 1.39. The van der Waals surface area contributed by atoms with Crippen molar-refractivity contribution in [1.82, 2.24) is 9.55 Å². The number of benzene rings is 3. The average molecular weight is 359 g/mol. The predicted molar refractivity (Wildman–Crippen MR) is 106 cm³/mol. The minimum Gasteiger partial charge on any atom is -0.321 e. The number of aromatic amines is 1. The Labute approximate surface area is 154 Å². The van der Waals surface area contributed by atoms with E-state index in [2.05, 4.69) is 10.3 Å². The summed E-state index contributed by atoms with van der Waals surface area (Å²) in [4.78, 5) is 39.1. The molecular formula is C21H17N3O3. The van der Waals surface area contributed by atoms with Gasteiger partial charge in [0, 0.05) is 23.2 Å². The molecule has 4 aromatic rings. The van der Waals surface area contributed by atoms with Crippen LogP contribution in [0.4, 0.5) is 5.69 Å². The maximum absolute atomic E-state index is 12.7. The average Bonchev–Trinajstić information content (AvgIpc) is 2.69. The third-order valence-electron chi connectivity index (χ3n) is 4.59. The lowest BCUT2D eigenvalue weighted by Gasteiger charge is -2.11. The number of hydrogen-bond acceptors (Lipinski definition) is 3. The van der Waals surface area contributed by atoms with Crippen LogP contribution in [0.2, 0.25) is 0 Å². The fourth-order valence-corrected chi connectivity index (χ4v) is 3.26. The molecule has 0 spiro atoms. The van der Waals surface area contributed by atoms with E-state index in [1.54, 1.807) is 25.1 Å². The number of hydrogen-bond donors (Lipinski definition) is 2. The van der Waals surface area contributed by atoms with Crippen LogP contribution in [0.5, 0.6) is 0 Å². The van der Waals surface area contributed by atoms with Gasteiger partial charge in [0.1, 0.15) is 0 Å². The van der Waals surface area contributed by atoms with Crippen molar-refractivity contribution in [2.75, 3.05) is 5.32 Å². The first-order valence-electron chi connectivity index (χ1n) is 8.64. The first-order chi connectivity index (χ1) is 13.1. The van der Waals surface area contributed by atoms with Gasteiger partial charge in [-0.1, -0.05) is 36.4 Å². The molecule has 0 saturated carbocycles. The number of rotatable bonds is 3. The van der Waals surface area contributed by atoms with Crippen molar-refractivity contribution in [1.29, 1.82) is 0 Å². The largest absolute Gasteiger partial charge is 0.321 e. The van der Waals surface area contributed by atoms with E-state index in [0.29, 0.717) is 28.8 Å². The molecule has 0 unspecified atom stereocenters. The molecule has 1 aromatic heterocycles. The lowest BCUT2D eigenvalue weighted by molar-refractivity contribution is 0.102. The number of aromatic nitrogens is 2. The van der Waals surface area contributed by atoms with Gasteiger partial charge in [0.05, 0.1) is 11.0 Å². The smallest absolute Gasteiger partial charge is 0.316 e. The number of H-pyrrole nitrogens is 1. The Bertz CT molecular complexity index is 1300. The molecule has 0 aliphatic carbocycles. The Hall–Kier alpha value is -3.67. The highest BCUT2D eigenvalue weighted by Gasteiger charge is 2.12. The summed E-state index contributed by atoms with van der Waals surface area (Å²) >= 11 is 0. The molecule has 1 amide bonds. The van der Waals surface area contributed by atoms with Crippen LogP contribution in [0.1, 0.15) is 17.3 Å². The zero-order chi connectivity index (χ0) is 19.0.